The molecule has 1 aliphatic heterocycles. The zero-order valence-electron chi connectivity index (χ0n) is 23.2. The number of aliphatic hydroxyl groups is 2. The van der Waals surface area contributed by atoms with Crippen molar-refractivity contribution in [3.05, 3.63) is 22.7 Å². The number of hydrogen-bond acceptors (Lipinski definition) is 13. The molecule has 0 radical (unpaired) electrons. The van der Waals surface area contributed by atoms with E-state index in [4.69, 9.17) is 35.9 Å². The highest BCUT2D eigenvalue weighted by atomic mass is 35.5. The van der Waals surface area contributed by atoms with Gasteiger partial charge < -0.3 is 25.4 Å². The molecule has 0 saturated carbocycles. The van der Waals surface area contributed by atoms with Gasteiger partial charge in [0.25, 0.3) is 0 Å². The number of nitrogens with zero attached hydrogens (tertiary/aromatic N) is 2. The molecule has 1 saturated heterocycles. The Hall–Kier alpha value is -1.55. The minimum absolute atomic E-state index is 0.00924. The monoisotopic (exact) mass is 628 g/mol. The number of halogens is 1. The maximum Gasteiger partial charge on any atom is 0.406 e. The second-order valence-corrected chi connectivity index (χ2v) is 14.0. The Balaban J connectivity index is 2.16. The number of carbonyl (C=O) groups is 2. The first-order valence-electron chi connectivity index (χ1n) is 12.5. The lowest BCUT2D eigenvalue weighted by Gasteiger charge is -2.26. The number of aliphatic hydroxyl groups excluding tert-OH is 2. The highest BCUT2D eigenvalue weighted by Crippen LogP contribution is 2.48. The standard InChI is InChI=1S/C23H38ClN4O10PS/c1-13(2)37-18(31)14(3)27-39(34,35-9-10-40-20(32)22(4,5)12-29)36-11-15-17(30)23(6,24)19(38-15)28-8-7-16(25)26-21(28)33/h7-8,13-15,17,19,29-30H,9-12H2,1-6H3,(H,27,34)(H2,25,26,33)/t14-,15-,17-,19-,23-,39-/m1/s1. The number of thioether (sulfide) groups is 1. The zero-order chi connectivity index (χ0) is 30.5. The lowest BCUT2D eigenvalue weighted by atomic mass is 9.97. The molecule has 0 spiro atoms. The Morgan fingerprint density at radius 1 is 1.38 bits per heavy atom. The van der Waals surface area contributed by atoms with Gasteiger partial charge in [-0.2, -0.15) is 4.98 Å². The van der Waals surface area contributed by atoms with Crippen LogP contribution in [0.3, 0.4) is 0 Å². The van der Waals surface area contributed by atoms with E-state index < -0.39 is 66.9 Å². The number of nitrogens with one attached hydrogen (secondary N) is 1. The van der Waals surface area contributed by atoms with Crippen molar-refractivity contribution in [3.63, 3.8) is 0 Å². The molecule has 2 heterocycles. The fourth-order valence-electron chi connectivity index (χ4n) is 3.41. The van der Waals surface area contributed by atoms with Crippen LogP contribution in [0.2, 0.25) is 0 Å². The van der Waals surface area contributed by atoms with Gasteiger partial charge in [-0.3, -0.25) is 23.2 Å². The van der Waals surface area contributed by atoms with Crippen molar-refractivity contribution in [2.45, 2.75) is 77.0 Å². The van der Waals surface area contributed by atoms with Crippen LogP contribution in [-0.4, -0.2) is 85.7 Å². The third-order valence-corrected chi connectivity index (χ3v) is 9.12. The molecule has 2 rings (SSSR count). The summed E-state index contributed by atoms with van der Waals surface area (Å²) in [5, 5.41) is 22.4. The summed E-state index contributed by atoms with van der Waals surface area (Å²) in [6, 6.07) is 0.248. The maximum atomic E-state index is 13.6. The van der Waals surface area contributed by atoms with Crippen LogP contribution < -0.4 is 16.5 Å². The summed E-state index contributed by atoms with van der Waals surface area (Å²) in [6.07, 6.45) is -2.85. The molecule has 0 aliphatic carbocycles. The van der Waals surface area contributed by atoms with E-state index in [9.17, 15) is 29.2 Å². The summed E-state index contributed by atoms with van der Waals surface area (Å²) in [7, 11) is -4.27. The van der Waals surface area contributed by atoms with Crippen LogP contribution in [0.5, 0.6) is 0 Å². The lowest BCUT2D eigenvalue weighted by molar-refractivity contribution is -0.149. The largest absolute Gasteiger partial charge is 0.462 e. The van der Waals surface area contributed by atoms with Crippen LogP contribution in [-0.2, 0) is 32.7 Å². The Morgan fingerprint density at radius 3 is 2.60 bits per heavy atom. The van der Waals surface area contributed by atoms with Crippen LogP contribution in [0.15, 0.2) is 17.1 Å². The van der Waals surface area contributed by atoms with Gasteiger partial charge in [-0.15, -0.1) is 11.6 Å². The summed E-state index contributed by atoms with van der Waals surface area (Å²) in [5.41, 5.74) is 3.82. The van der Waals surface area contributed by atoms with E-state index in [-0.39, 0.29) is 29.9 Å². The van der Waals surface area contributed by atoms with E-state index >= 15 is 0 Å². The molecule has 228 valence electrons. The summed E-state index contributed by atoms with van der Waals surface area (Å²) in [6.45, 7) is 8.23. The average molecular weight is 629 g/mol. The molecular formula is C23H38ClN4O10PS. The number of anilines is 1. The van der Waals surface area contributed by atoms with Gasteiger partial charge in [-0.05, 0) is 47.6 Å². The van der Waals surface area contributed by atoms with E-state index in [2.05, 4.69) is 10.1 Å². The van der Waals surface area contributed by atoms with Crippen LogP contribution in [0.4, 0.5) is 5.82 Å². The third kappa shape index (κ3) is 8.97. The molecule has 1 aromatic heterocycles. The SMILES string of the molecule is CC(C)OC(=O)[C@@H](C)N[P@@](=O)(OCCSC(=O)C(C)(C)CO)OC[C@H]1O[C@@H](n2ccc(N)nc2=O)[C@](C)(Cl)[C@@H]1O. The van der Waals surface area contributed by atoms with Crippen molar-refractivity contribution in [2.24, 2.45) is 5.41 Å². The second-order valence-electron chi connectivity index (χ2n) is 10.3. The third-order valence-electron chi connectivity index (χ3n) is 5.81. The minimum Gasteiger partial charge on any atom is -0.462 e. The molecule has 6 atom stereocenters. The molecule has 0 bridgehead atoms. The number of nitrogen functional groups attached to an aromatic ring is 1. The molecule has 0 unspecified atom stereocenters. The number of alkyl halides is 1. The predicted molar refractivity (Wildman–Crippen MR) is 149 cm³/mol. The Labute approximate surface area is 241 Å². The number of hydrogen-bond donors (Lipinski definition) is 4. The average Bonchev–Trinajstić information content (AvgIpc) is 3.08. The minimum atomic E-state index is -4.27. The number of nitrogens with two attached hydrogens (primary N) is 1. The van der Waals surface area contributed by atoms with Gasteiger partial charge in [-0.25, -0.2) is 14.4 Å². The summed E-state index contributed by atoms with van der Waals surface area (Å²) < 4.78 is 36.7. The van der Waals surface area contributed by atoms with E-state index in [0.29, 0.717) is 0 Å². The summed E-state index contributed by atoms with van der Waals surface area (Å²) in [5.74, 6) is -0.651. The van der Waals surface area contributed by atoms with Gasteiger partial charge in [0.15, 0.2) is 11.3 Å². The van der Waals surface area contributed by atoms with E-state index in [1.165, 1.54) is 26.1 Å². The maximum absolute atomic E-state index is 13.6. The molecule has 0 aromatic carbocycles. The summed E-state index contributed by atoms with van der Waals surface area (Å²) in [4.78, 5) is 39.1. The number of rotatable bonds is 14. The molecule has 14 nitrogen and oxygen atoms in total. The van der Waals surface area contributed by atoms with Crippen molar-refractivity contribution in [2.75, 3.05) is 31.3 Å². The molecule has 1 aromatic rings. The first-order chi connectivity index (χ1) is 18.4. The van der Waals surface area contributed by atoms with Gasteiger partial charge in [0.2, 0.25) is 0 Å². The fourth-order valence-corrected chi connectivity index (χ4v) is 6.12. The van der Waals surface area contributed by atoms with E-state index in [1.807, 2.05) is 0 Å². The van der Waals surface area contributed by atoms with Crippen molar-refractivity contribution in [1.29, 1.82) is 0 Å². The first-order valence-corrected chi connectivity index (χ1v) is 15.4. The van der Waals surface area contributed by atoms with Gasteiger partial charge in [-0.1, -0.05) is 11.8 Å². The number of carbonyl (C=O) groups excluding carboxylic acids is 2. The van der Waals surface area contributed by atoms with E-state index in [0.717, 1.165) is 16.3 Å². The van der Waals surface area contributed by atoms with Gasteiger partial charge in [0.05, 0.1) is 31.3 Å². The molecule has 40 heavy (non-hydrogen) atoms. The normalized spacial score (nSPS) is 25.5. The predicted octanol–water partition coefficient (Wildman–Crippen LogP) is 1.43. The van der Waals surface area contributed by atoms with Crippen LogP contribution >= 0.6 is 31.1 Å². The molecular weight excluding hydrogens is 591 g/mol. The Morgan fingerprint density at radius 2 is 2.02 bits per heavy atom. The van der Waals surface area contributed by atoms with Crippen molar-refractivity contribution in [1.82, 2.24) is 14.6 Å². The van der Waals surface area contributed by atoms with Crippen LogP contribution in [0.1, 0.15) is 47.8 Å². The molecule has 1 aliphatic rings. The number of ether oxygens (including phenoxy) is 2. The van der Waals surface area contributed by atoms with Crippen LogP contribution in [0.25, 0.3) is 0 Å². The Bertz CT molecular complexity index is 1150. The van der Waals surface area contributed by atoms with E-state index in [1.54, 1.807) is 27.7 Å². The zero-order valence-corrected chi connectivity index (χ0v) is 25.7. The van der Waals surface area contributed by atoms with Gasteiger partial charge >= 0.3 is 19.4 Å². The fraction of sp³-hybridized carbons (Fsp3) is 0.739. The van der Waals surface area contributed by atoms with Gasteiger partial charge in [0.1, 0.15) is 28.9 Å². The quantitative estimate of drug-likeness (QED) is 0.0997. The Kier molecular flexibility index (Phi) is 12.2. The van der Waals surface area contributed by atoms with Crippen LogP contribution in [0, 0.1) is 5.41 Å². The molecule has 17 heteroatoms. The second kappa shape index (κ2) is 14.1. The highest BCUT2D eigenvalue weighted by Gasteiger charge is 2.54. The summed E-state index contributed by atoms with van der Waals surface area (Å²) >= 11 is 7.43. The van der Waals surface area contributed by atoms with Crippen molar-refractivity contribution in [3.8, 4) is 0 Å². The molecule has 1 fully saturated rings. The highest BCUT2D eigenvalue weighted by molar-refractivity contribution is 8.13. The first kappa shape index (κ1) is 34.7. The van der Waals surface area contributed by atoms with Crippen molar-refractivity contribution >= 4 is 48.0 Å². The smallest absolute Gasteiger partial charge is 0.406 e. The number of esters is 1. The molecule has 0 amide bonds. The topological polar surface area (TPSA) is 202 Å². The molecule has 5 N–H and O–H groups in total. The number of aromatic nitrogens is 2. The van der Waals surface area contributed by atoms with Crippen molar-refractivity contribution < 1.29 is 42.9 Å². The lowest BCUT2D eigenvalue weighted by Crippen LogP contribution is -2.42. The van der Waals surface area contributed by atoms with Gasteiger partial charge in [0, 0.05) is 11.9 Å².